The number of aliphatic carboxylic acids is 1. The maximum absolute atomic E-state index is 12.2. The summed E-state index contributed by atoms with van der Waals surface area (Å²) in [5, 5.41) is 11.9. The van der Waals surface area contributed by atoms with E-state index in [4.69, 9.17) is 4.74 Å². The van der Waals surface area contributed by atoms with Crippen molar-refractivity contribution in [3.8, 4) is 0 Å². The standard InChI is InChI=1S/C19H27NO4/c1-19(2,3)24-10-9-16(18(22)23)20-17(21)12-13-7-8-14-5-4-6-15(14)11-13/h7-8,11,16H,4-6,9-10,12H2,1-3H3,(H,20,21)(H,22,23). The molecule has 1 aliphatic rings. The summed E-state index contributed by atoms with van der Waals surface area (Å²) < 4.78 is 5.55. The van der Waals surface area contributed by atoms with E-state index in [1.54, 1.807) is 0 Å². The van der Waals surface area contributed by atoms with Gasteiger partial charge in [0.2, 0.25) is 5.91 Å². The van der Waals surface area contributed by atoms with Crippen molar-refractivity contribution in [2.24, 2.45) is 0 Å². The summed E-state index contributed by atoms with van der Waals surface area (Å²) in [4.78, 5) is 23.5. The number of carbonyl (C=O) groups excluding carboxylic acids is 1. The van der Waals surface area contributed by atoms with Crippen molar-refractivity contribution in [1.82, 2.24) is 5.32 Å². The highest BCUT2D eigenvalue weighted by Gasteiger charge is 2.21. The number of hydrogen-bond acceptors (Lipinski definition) is 3. The van der Waals surface area contributed by atoms with Gasteiger partial charge >= 0.3 is 5.97 Å². The van der Waals surface area contributed by atoms with E-state index in [9.17, 15) is 14.7 Å². The van der Waals surface area contributed by atoms with Crippen molar-refractivity contribution in [3.05, 3.63) is 34.9 Å². The van der Waals surface area contributed by atoms with Crippen LogP contribution in [0.5, 0.6) is 0 Å². The molecule has 0 aromatic heterocycles. The zero-order valence-corrected chi connectivity index (χ0v) is 14.7. The van der Waals surface area contributed by atoms with Crippen LogP contribution in [0.3, 0.4) is 0 Å². The predicted molar refractivity (Wildman–Crippen MR) is 92.1 cm³/mol. The fraction of sp³-hybridized carbons (Fsp3) is 0.579. The van der Waals surface area contributed by atoms with Crippen LogP contribution in [0, 0.1) is 0 Å². The van der Waals surface area contributed by atoms with Crippen LogP contribution >= 0.6 is 0 Å². The quantitative estimate of drug-likeness (QED) is 0.804. The van der Waals surface area contributed by atoms with Crippen molar-refractivity contribution < 1.29 is 19.4 Å². The van der Waals surface area contributed by atoms with Crippen LogP contribution in [-0.2, 0) is 33.6 Å². The third-order valence-electron chi connectivity index (χ3n) is 4.10. The van der Waals surface area contributed by atoms with E-state index in [2.05, 4.69) is 17.4 Å². The van der Waals surface area contributed by atoms with E-state index in [0.29, 0.717) is 6.61 Å². The SMILES string of the molecule is CC(C)(C)OCCC(NC(=O)Cc1ccc2c(c1)CCC2)C(=O)O. The molecule has 0 saturated heterocycles. The van der Waals surface area contributed by atoms with Gasteiger partial charge in [-0.25, -0.2) is 4.79 Å². The first-order chi connectivity index (χ1) is 11.2. The van der Waals surface area contributed by atoms with E-state index in [-0.39, 0.29) is 24.3 Å². The fourth-order valence-corrected chi connectivity index (χ4v) is 2.91. The van der Waals surface area contributed by atoms with E-state index in [1.807, 2.05) is 26.8 Å². The topological polar surface area (TPSA) is 75.6 Å². The molecular weight excluding hydrogens is 306 g/mol. The van der Waals surface area contributed by atoms with Crippen molar-refractivity contribution in [2.45, 2.75) is 64.5 Å². The minimum Gasteiger partial charge on any atom is -0.480 e. The number of carboxylic acid groups (broad SMARTS) is 1. The van der Waals surface area contributed by atoms with Crippen LogP contribution in [-0.4, -0.2) is 35.2 Å². The van der Waals surface area contributed by atoms with Crippen LogP contribution in [0.15, 0.2) is 18.2 Å². The number of amides is 1. The Morgan fingerprint density at radius 2 is 1.96 bits per heavy atom. The van der Waals surface area contributed by atoms with Gasteiger partial charge in [0.25, 0.3) is 0 Å². The first kappa shape index (κ1) is 18.5. The van der Waals surface area contributed by atoms with Crippen LogP contribution in [0.4, 0.5) is 0 Å². The number of hydrogen-bond donors (Lipinski definition) is 2. The monoisotopic (exact) mass is 333 g/mol. The van der Waals surface area contributed by atoms with Crippen LogP contribution in [0.2, 0.25) is 0 Å². The molecule has 2 rings (SSSR count). The molecule has 0 bridgehead atoms. The van der Waals surface area contributed by atoms with Crippen LogP contribution < -0.4 is 5.32 Å². The second kappa shape index (κ2) is 7.79. The number of rotatable bonds is 7. The van der Waals surface area contributed by atoms with Gasteiger partial charge in [-0.05, 0) is 56.7 Å². The molecule has 0 fully saturated rings. The molecule has 132 valence electrons. The molecule has 1 amide bonds. The lowest BCUT2D eigenvalue weighted by atomic mass is 10.0. The molecule has 1 aliphatic carbocycles. The van der Waals surface area contributed by atoms with E-state index in [1.165, 1.54) is 17.5 Å². The van der Waals surface area contributed by atoms with Crippen molar-refractivity contribution in [1.29, 1.82) is 0 Å². The highest BCUT2D eigenvalue weighted by Crippen LogP contribution is 2.23. The Bertz CT molecular complexity index is 604. The lowest BCUT2D eigenvalue weighted by molar-refractivity contribution is -0.142. The average Bonchev–Trinajstić information content (AvgIpc) is 2.92. The minimum atomic E-state index is -1.03. The Kier molecular flexibility index (Phi) is 5.99. The highest BCUT2D eigenvalue weighted by molar-refractivity contribution is 5.84. The van der Waals surface area contributed by atoms with Crippen molar-refractivity contribution >= 4 is 11.9 Å². The van der Waals surface area contributed by atoms with Crippen molar-refractivity contribution in [3.63, 3.8) is 0 Å². The number of carbonyl (C=O) groups is 2. The number of nitrogens with one attached hydrogen (secondary N) is 1. The molecule has 1 atom stereocenters. The summed E-state index contributed by atoms with van der Waals surface area (Å²) in [6.07, 6.45) is 3.79. The average molecular weight is 333 g/mol. The Morgan fingerprint density at radius 3 is 2.62 bits per heavy atom. The molecule has 0 aliphatic heterocycles. The zero-order valence-electron chi connectivity index (χ0n) is 14.7. The first-order valence-corrected chi connectivity index (χ1v) is 8.51. The Balaban J connectivity index is 1.87. The molecule has 5 nitrogen and oxygen atoms in total. The summed E-state index contributed by atoms with van der Waals surface area (Å²) in [7, 11) is 0. The summed E-state index contributed by atoms with van der Waals surface area (Å²) in [5.41, 5.74) is 3.29. The zero-order chi connectivity index (χ0) is 17.7. The van der Waals surface area contributed by atoms with Crippen molar-refractivity contribution in [2.75, 3.05) is 6.61 Å². The lowest BCUT2D eigenvalue weighted by Gasteiger charge is -2.21. The summed E-state index contributed by atoms with van der Waals surface area (Å²) >= 11 is 0. The molecule has 1 aromatic carbocycles. The molecule has 0 radical (unpaired) electrons. The third kappa shape index (κ3) is 5.64. The molecular formula is C19H27NO4. The van der Waals surface area contributed by atoms with Gasteiger partial charge in [0.1, 0.15) is 6.04 Å². The van der Waals surface area contributed by atoms with E-state index < -0.39 is 12.0 Å². The number of benzene rings is 1. The van der Waals surface area contributed by atoms with Crippen LogP contribution in [0.1, 0.15) is 50.3 Å². The molecule has 1 unspecified atom stereocenters. The van der Waals surface area contributed by atoms with Gasteiger partial charge in [0, 0.05) is 13.0 Å². The van der Waals surface area contributed by atoms with Gasteiger partial charge in [0.05, 0.1) is 12.0 Å². The lowest BCUT2D eigenvalue weighted by Crippen LogP contribution is -2.42. The molecule has 5 heteroatoms. The number of fused-ring (bicyclic) bond motifs is 1. The second-order valence-corrected chi connectivity index (χ2v) is 7.34. The van der Waals surface area contributed by atoms with Gasteiger partial charge in [-0.3, -0.25) is 4.79 Å². The first-order valence-electron chi connectivity index (χ1n) is 8.51. The normalized spacial score (nSPS) is 15.0. The van der Waals surface area contributed by atoms with Gasteiger partial charge in [-0.1, -0.05) is 18.2 Å². The number of aryl methyl sites for hydroxylation is 2. The largest absolute Gasteiger partial charge is 0.480 e. The Hall–Kier alpha value is -1.88. The second-order valence-electron chi connectivity index (χ2n) is 7.34. The summed E-state index contributed by atoms with van der Waals surface area (Å²) in [6.45, 7) is 6.03. The Labute approximate surface area is 143 Å². The molecule has 0 spiro atoms. The maximum Gasteiger partial charge on any atom is 0.326 e. The fourth-order valence-electron chi connectivity index (χ4n) is 2.91. The molecule has 2 N–H and O–H groups in total. The highest BCUT2D eigenvalue weighted by atomic mass is 16.5. The molecule has 24 heavy (non-hydrogen) atoms. The van der Waals surface area contributed by atoms with Gasteiger partial charge in [0.15, 0.2) is 0 Å². The smallest absolute Gasteiger partial charge is 0.326 e. The van der Waals surface area contributed by atoms with E-state index in [0.717, 1.165) is 18.4 Å². The van der Waals surface area contributed by atoms with Gasteiger partial charge in [-0.2, -0.15) is 0 Å². The van der Waals surface area contributed by atoms with Gasteiger partial charge < -0.3 is 15.2 Å². The third-order valence-corrected chi connectivity index (χ3v) is 4.10. The van der Waals surface area contributed by atoms with Gasteiger partial charge in [-0.15, -0.1) is 0 Å². The molecule has 0 heterocycles. The maximum atomic E-state index is 12.2. The van der Waals surface area contributed by atoms with Crippen LogP contribution in [0.25, 0.3) is 0 Å². The Morgan fingerprint density at radius 1 is 1.25 bits per heavy atom. The number of carboxylic acids is 1. The predicted octanol–water partition coefficient (Wildman–Crippen LogP) is 2.49. The summed E-state index contributed by atoms with van der Waals surface area (Å²) in [5.74, 6) is -1.30. The van der Waals surface area contributed by atoms with E-state index >= 15 is 0 Å². The minimum absolute atomic E-state index is 0.206. The number of ether oxygens (including phenoxy) is 1. The summed E-state index contributed by atoms with van der Waals surface area (Å²) in [6, 6.07) is 5.19. The molecule has 1 aromatic rings. The molecule has 0 saturated carbocycles.